The van der Waals surface area contributed by atoms with Gasteiger partial charge in [0.25, 0.3) is 0 Å². The summed E-state index contributed by atoms with van der Waals surface area (Å²) in [6.07, 6.45) is 1.45. The predicted molar refractivity (Wildman–Crippen MR) is 112 cm³/mol. The number of hydrogen-bond acceptors (Lipinski definition) is 4. The molecule has 3 aromatic carbocycles. The fourth-order valence-corrected chi connectivity index (χ4v) is 3.78. The highest BCUT2D eigenvalue weighted by Crippen LogP contribution is 2.14. The number of sulfonamides is 1. The second kappa shape index (κ2) is 9.39. The fourth-order valence-electron chi connectivity index (χ4n) is 2.74. The van der Waals surface area contributed by atoms with E-state index in [1.54, 1.807) is 12.1 Å². The first-order chi connectivity index (χ1) is 13.5. The van der Waals surface area contributed by atoms with Crippen LogP contribution in [-0.4, -0.2) is 21.6 Å². The second-order valence-corrected chi connectivity index (χ2v) is 8.21. The Balaban J connectivity index is 1.44. The Morgan fingerprint density at radius 3 is 2.11 bits per heavy atom. The van der Waals surface area contributed by atoms with Crippen molar-refractivity contribution >= 4 is 15.7 Å². The van der Waals surface area contributed by atoms with Crippen molar-refractivity contribution in [1.29, 1.82) is 0 Å². The predicted octanol–water partition coefficient (Wildman–Crippen LogP) is 3.41. The molecule has 0 aliphatic heterocycles. The van der Waals surface area contributed by atoms with Gasteiger partial charge in [-0.05, 0) is 53.9 Å². The summed E-state index contributed by atoms with van der Waals surface area (Å²) in [6, 6.07) is 24.1. The van der Waals surface area contributed by atoms with Crippen LogP contribution in [0, 0.1) is 0 Å². The molecule has 0 atom stereocenters. The molecular formula is C22H24N2O3S. The molecule has 146 valence electrons. The van der Waals surface area contributed by atoms with Gasteiger partial charge in [0.05, 0.1) is 11.5 Å². The van der Waals surface area contributed by atoms with Crippen molar-refractivity contribution in [3.63, 3.8) is 0 Å². The Morgan fingerprint density at radius 1 is 0.786 bits per heavy atom. The van der Waals surface area contributed by atoms with Gasteiger partial charge in [0, 0.05) is 18.7 Å². The summed E-state index contributed by atoms with van der Waals surface area (Å²) in [6.45, 7) is 0.936. The monoisotopic (exact) mass is 396 g/mol. The van der Waals surface area contributed by atoms with Gasteiger partial charge in [0.1, 0.15) is 5.75 Å². The molecule has 6 heteroatoms. The fraction of sp³-hybridized carbons (Fsp3) is 0.182. The quantitative estimate of drug-likeness (QED) is 0.543. The number of nitrogens with two attached hydrogens (primary N) is 1. The Morgan fingerprint density at radius 2 is 1.43 bits per heavy atom. The maximum absolute atomic E-state index is 12.3. The van der Waals surface area contributed by atoms with Crippen LogP contribution in [0.2, 0.25) is 0 Å². The van der Waals surface area contributed by atoms with E-state index in [2.05, 4.69) is 16.9 Å². The zero-order chi connectivity index (χ0) is 19.8. The molecule has 3 rings (SSSR count). The molecule has 0 aromatic heterocycles. The standard InChI is InChI=1S/C22H24N2O3S/c23-20-8-12-22(13-9-20)28(25,26)24-16-14-19-6-10-21(11-7-19)27-17-15-18-4-2-1-3-5-18/h1-13,24H,14-17,23H2. The van der Waals surface area contributed by atoms with Crippen molar-refractivity contribution in [2.45, 2.75) is 17.7 Å². The molecule has 0 spiro atoms. The molecule has 28 heavy (non-hydrogen) atoms. The topological polar surface area (TPSA) is 81.4 Å². The lowest BCUT2D eigenvalue weighted by Crippen LogP contribution is -2.26. The van der Waals surface area contributed by atoms with Crippen LogP contribution < -0.4 is 15.2 Å². The van der Waals surface area contributed by atoms with Crippen LogP contribution in [0.5, 0.6) is 5.75 Å². The number of benzene rings is 3. The summed E-state index contributed by atoms with van der Waals surface area (Å²) >= 11 is 0. The Labute approximate surface area is 166 Å². The maximum Gasteiger partial charge on any atom is 0.240 e. The van der Waals surface area contributed by atoms with Gasteiger partial charge in [-0.1, -0.05) is 42.5 Å². The average Bonchev–Trinajstić information content (AvgIpc) is 2.70. The first-order valence-corrected chi connectivity index (χ1v) is 10.6. The summed E-state index contributed by atoms with van der Waals surface area (Å²) in [5.74, 6) is 0.808. The summed E-state index contributed by atoms with van der Waals surface area (Å²) < 4.78 is 32.9. The van der Waals surface area contributed by atoms with Crippen LogP contribution >= 0.6 is 0 Å². The van der Waals surface area contributed by atoms with E-state index in [0.717, 1.165) is 17.7 Å². The zero-order valence-electron chi connectivity index (χ0n) is 15.5. The number of hydrogen-bond donors (Lipinski definition) is 2. The van der Waals surface area contributed by atoms with E-state index >= 15 is 0 Å². The van der Waals surface area contributed by atoms with Gasteiger partial charge in [-0.15, -0.1) is 0 Å². The van der Waals surface area contributed by atoms with Crippen molar-refractivity contribution in [2.75, 3.05) is 18.9 Å². The third-order valence-electron chi connectivity index (χ3n) is 4.32. The Hall–Kier alpha value is -2.83. The van der Waals surface area contributed by atoms with E-state index in [9.17, 15) is 8.42 Å². The van der Waals surface area contributed by atoms with Crippen LogP contribution in [0.15, 0.2) is 83.8 Å². The van der Waals surface area contributed by atoms with Crippen LogP contribution in [-0.2, 0) is 22.9 Å². The molecule has 0 fully saturated rings. The van der Waals surface area contributed by atoms with E-state index in [0.29, 0.717) is 25.3 Å². The van der Waals surface area contributed by atoms with E-state index in [-0.39, 0.29) is 4.90 Å². The third kappa shape index (κ3) is 5.84. The van der Waals surface area contributed by atoms with Gasteiger partial charge in [-0.2, -0.15) is 0 Å². The number of nitrogens with one attached hydrogen (secondary N) is 1. The van der Waals surface area contributed by atoms with Gasteiger partial charge >= 0.3 is 0 Å². The van der Waals surface area contributed by atoms with E-state index in [1.165, 1.54) is 17.7 Å². The smallest absolute Gasteiger partial charge is 0.240 e. The first-order valence-electron chi connectivity index (χ1n) is 9.14. The van der Waals surface area contributed by atoms with Crippen molar-refractivity contribution in [3.05, 3.63) is 90.0 Å². The minimum atomic E-state index is -3.52. The van der Waals surface area contributed by atoms with Gasteiger partial charge in [0.15, 0.2) is 0 Å². The molecule has 0 bridgehead atoms. The first kappa shape index (κ1) is 19.9. The number of ether oxygens (including phenoxy) is 1. The molecule has 0 heterocycles. The van der Waals surface area contributed by atoms with Crippen LogP contribution in [0.1, 0.15) is 11.1 Å². The molecule has 0 saturated carbocycles. The highest BCUT2D eigenvalue weighted by molar-refractivity contribution is 7.89. The molecule has 0 aliphatic rings. The molecule has 3 N–H and O–H groups in total. The van der Waals surface area contributed by atoms with Crippen molar-refractivity contribution in [1.82, 2.24) is 4.72 Å². The summed E-state index contributed by atoms with van der Waals surface area (Å²) in [5.41, 5.74) is 8.41. The molecule has 5 nitrogen and oxygen atoms in total. The Bertz CT molecular complexity index is 971. The average molecular weight is 397 g/mol. The van der Waals surface area contributed by atoms with Crippen molar-refractivity contribution in [2.24, 2.45) is 0 Å². The van der Waals surface area contributed by atoms with Gasteiger partial charge in [-0.25, -0.2) is 13.1 Å². The second-order valence-electron chi connectivity index (χ2n) is 6.44. The van der Waals surface area contributed by atoms with E-state index in [1.807, 2.05) is 42.5 Å². The summed E-state index contributed by atoms with van der Waals surface area (Å²) in [5, 5.41) is 0. The highest BCUT2D eigenvalue weighted by atomic mass is 32.2. The SMILES string of the molecule is Nc1ccc(S(=O)(=O)NCCc2ccc(OCCc3ccccc3)cc2)cc1. The molecule has 0 unspecified atom stereocenters. The lowest BCUT2D eigenvalue weighted by atomic mass is 10.1. The highest BCUT2D eigenvalue weighted by Gasteiger charge is 2.12. The largest absolute Gasteiger partial charge is 0.493 e. The van der Waals surface area contributed by atoms with Gasteiger partial charge in [-0.3, -0.25) is 0 Å². The maximum atomic E-state index is 12.3. The number of nitrogen functional groups attached to an aromatic ring is 1. The van der Waals surface area contributed by atoms with Crippen molar-refractivity contribution < 1.29 is 13.2 Å². The van der Waals surface area contributed by atoms with Crippen LogP contribution in [0.3, 0.4) is 0 Å². The van der Waals surface area contributed by atoms with E-state index < -0.39 is 10.0 Å². The Kier molecular flexibility index (Phi) is 6.68. The minimum absolute atomic E-state index is 0.212. The number of rotatable bonds is 9. The van der Waals surface area contributed by atoms with Gasteiger partial charge in [0.2, 0.25) is 10.0 Å². The van der Waals surface area contributed by atoms with Crippen LogP contribution in [0.25, 0.3) is 0 Å². The lowest BCUT2D eigenvalue weighted by Gasteiger charge is -2.09. The summed E-state index contributed by atoms with van der Waals surface area (Å²) in [4.78, 5) is 0.212. The van der Waals surface area contributed by atoms with Crippen LogP contribution in [0.4, 0.5) is 5.69 Å². The molecule has 0 aliphatic carbocycles. The molecule has 0 radical (unpaired) electrons. The van der Waals surface area contributed by atoms with E-state index in [4.69, 9.17) is 10.5 Å². The third-order valence-corrected chi connectivity index (χ3v) is 5.80. The summed E-state index contributed by atoms with van der Waals surface area (Å²) in [7, 11) is -3.52. The normalized spacial score (nSPS) is 11.3. The number of anilines is 1. The minimum Gasteiger partial charge on any atom is -0.493 e. The van der Waals surface area contributed by atoms with Gasteiger partial charge < -0.3 is 10.5 Å². The molecule has 3 aromatic rings. The molecule has 0 saturated heterocycles. The molecule has 0 amide bonds. The van der Waals surface area contributed by atoms with Crippen molar-refractivity contribution in [3.8, 4) is 5.75 Å². The zero-order valence-corrected chi connectivity index (χ0v) is 16.4. The molecular weight excluding hydrogens is 372 g/mol. The lowest BCUT2D eigenvalue weighted by molar-refractivity contribution is 0.322.